The average molecular weight is 279 g/mol. The molecule has 0 bridgehead atoms. The van der Waals surface area contributed by atoms with E-state index >= 15 is 0 Å². The second-order valence-corrected chi connectivity index (χ2v) is 4.61. The standard InChI is InChI=1S/C15H12Cl2O/c16-14-7-6-12(10-15(14)17)13(8-9-18)11-4-2-1-3-5-11/h1-8,10,18H,9H2. The molecule has 1 nitrogen and oxygen atoms in total. The zero-order valence-electron chi connectivity index (χ0n) is 9.61. The number of aliphatic hydroxyl groups is 1. The molecule has 0 spiro atoms. The summed E-state index contributed by atoms with van der Waals surface area (Å²) in [6.45, 7) is -0.0233. The van der Waals surface area contributed by atoms with Crippen molar-refractivity contribution in [3.63, 3.8) is 0 Å². The van der Waals surface area contributed by atoms with Crippen LogP contribution in [0.5, 0.6) is 0 Å². The minimum Gasteiger partial charge on any atom is -0.392 e. The van der Waals surface area contributed by atoms with Gasteiger partial charge in [-0.3, -0.25) is 0 Å². The van der Waals surface area contributed by atoms with E-state index in [9.17, 15) is 0 Å². The third kappa shape index (κ3) is 2.94. The number of benzene rings is 2. The second kappa shape index (κ2) is 6.05. The fourth-order valence-corrected chi connectivity index (χ4v) is 2.07. The fraction of sp³-hybridized carbons (Fsp3) is 0.0667. The van der Waals surface area contributed by atoms with E-state index in [0.717, 1.165) is 16.7 Å². The maximum Gasteiger partial charge on any atom is 0.0621 e. The lowest BCUT2D eigenvalue weighted by atomic mass is 9.98. The van der Waals surface area contributed by atoms with E-state index in [0.29, 0.717) is 10.0 Å². The normalized spacial score (nSPS) is 11.6. The van der Waals surface area contributed by atoms with E-state index in [1.54, 1.807) is 18.2 Å². The van der Waals surface area contributed by atoms with E-state index in [-0.39, 0.29) is 6.61 Å². The van der Waals surface area contributed by atoms with Crippen molar-refractivity contribution in [2.24, 2.45) is 0 Å². The van der Waals surface area contributed by atoms with Gasteiger partial charge in [0.05, 0.1) is 16.7 Å². The predicted molar refractivity (Wildman–Crippen MR) is 77.1 cm³/mol. The smallest absolute Gasteiger partial charge is 0.0621 e. The molecule has 0 saturated heterocycles. The molecule has 0 radical (unpaired) electrons. The van der Waals surface area contributed by atoms with Crippen molar-refractivity contribution in [2.75, 3.05) is 6.61 Å². The van der Waals surface area contributed by atoms with E-state index in [1.807, 2.05) is 36.4 Å². The first kappa shape index (κ1) is 13.2. The van der Waals surface area contributed by atoms with Crippen LogP contribution >= 0.6 is 23.2 Å². The third-order valence-corrected chi connectivity index (χ3v) is 3.35. The number of aliphatic hydroxyl groups excluding tert-OH is 1. The van der Waals surface area contributed by atoms with Crippen LogP contribution in [0.25, 0.3) is 5.57 Å². The van der Waals surface area contributed by atoms with Crippen LogP contribution in [0.2, 0.25) is 10.0 Å². The lowest BCUT2D eigenvalue weighted by Gasteiger charge is -2.09. The quantitative estimate of drug-likeness (QED) is 0.881. The molecule has 92 valence electrons. The summed E-state index contributed by atoms with van der Waals surface area (Å²) in [6, 6.07) is 15.3. The minimum absolute atomic E-state index is 0.0233. The van der Waals surface area contributed by atoms with Gasteiger partial charge in [-0.1, -0.05) is 65.7 Å². The monoisotopic (exact) mass is 278 g/mol. The summed E-state index contributed by atoms with van der Waals surface area (Å²) in [5, 5.41) is 10.2. The summed E-state index contributed by atoms with van der Waals surface area (Å²) in [7, 11) is 0. The van der Waals surface area contributed by atoms with Gasteiger partial charge in [0.1, 0.15) is 0 Å². The highest BCUT2D eigenvalue weighted by molar-refractivity contribution is 6.42. The van der Waals surface area contributed by atoms with Crippen molar-refractivity contribution in [1.82, 2.24) is 0 Å². The van der Waals surface area contributed by atoms with Gasteiger partial charge >= 0.3 is 0 Å². The van der Waals surface area contributed by atoms with Crippen LogP contribution in [0, 0.1) is 0 Å². The molecule has 3 heteroatoms. The maximum atomic E-state index is 9.15. The van der Waals surface area contributed by atoms with Crippen LogP contribution in [-0.2, 0) is 0 Å². The minimum atomic E-state index is -0.0233. The lowest BCUT2D eigenvalue weighted by Crippen LogP contribution is -1.90. The van der Waals surface area contributed by atoms with Crippen LogP contribution in [-0.4, -0.2) is 11.7 Å². The average Bonchev–Trinajstić information content (AvgIpc) is 2.40. The van der Waals surface area contributed by atoms with E-state index in [1.165, 1.54) is 0 Å². The van der Waals surface area contributed by atoms with Gasteiger partial charge in [0, 0.05) is 0 Å². The molecule has 0 aliphatic rings. The number of rotatable bonds is 3. The number of hydrogen-bond donors (Lipinski definition) is 1. The van der Waals surface area contributed by atoms with Gasteiger partial charge in [-0.05, 0) is 28.8 Å². The largest absolute Gasteiger partial charge is 0.392 e. The molecule has 2 rings (SSSR count). The van der Waals surface area contributed by atoms with Crippen molar-refractivity contribution >= 4 is 28.8 Å². The van der Waals surface area contributed by atoms with Gasteiger partial charge in [0.25, 0.3) is 0 Å². The van der Waals surface area contributed by atoms with Gasteiger partial charge in [0.15, 0.2) is 0 Å². The Hall–Kier alpha value is -1.28. The first-order valence-corrected chi connectivity index (χ1v) is 6.30. The van der Waals surface area contributed by atoms with Gasteiger partial charge in [-0.15, -0.1) is 0 Å². The Morgan fingerprint density at radius 2 is 1.67 bits per heavy atom. The highest BCUT2D eigenvalue weighted by Crippen LogP contribution is 2.29. The Balaban J connectivity index is 2.49. The first-order chi connectivity index (χ1) is 8.72. The SMILES string of the molecule is OCC=C(c1ccccc1)c1ccc(Cl)c(Cl)c1. The van der Waals surface area contributed by atoms with Gasteiger partial charge < -0.3 is 5.11 Å². The van der Waals surface area contributed by atoms with Crippen molar-refractivity contribution in [3.8, 4) is 0 Å². The van der Waals surface area contributed by atoms with Crippen LogP contribution in [0.1, 0.15) is 11.1 Å². The molecule has 0 fully saturated rings. The summed E-state index contributed by atoms with van der Waals surface area (Å²) in [5.41, 5.74) is 2.91. The summed E-state index contributed by atoms with van der Waals surface area (Å²) in [4.78, 5) is 0. The molecule has 1 N–H and O–H groups in total. The molecule has 2 aromatic carbocycles. The first-order valence-electron chi connectivity index (χ1n) is 5.54. The highest BCUT2D eigenvalue weighted by Gasteiger charge is 2.06. The zero-order valence-corrected chi connectivity index (χ0v) is 11.1. The Labute approximate surface area is 116 Å². The Morgan fingerprint density at radius 3 is 2.28 bits per heavy atom. The molecule has 0 unspecified atom stereocenters. The van der Waals surface area contributed by atoms with Gasteiger partial charge in [-0.2, -0.15) is 0 Å². The van der Waals surface area contributed by atoms with Gasteiger partial charge in [0.2, 0.25) is 0 Å². The fourth-order valence-electron chi connectivity index (χ4n) is 1.78. The van der Waals surface area contributed by atoms with Crippen LogP contribution in [0.15, 0.2) is 54.6 Å². The zero-order chi connectivity index (χ0) is 13.0. The van der Waals surface area contributed by atoms with Crippen molar-refractivity contribution in [1.29, 1.82) is 0 Å². The molecular weight excluding hydrogens is 267 g/mol. The van der Waals surface area contributed by atoms with Crippen molar-refractivity contribution < 1.29 is 5.11 Å². The topological polar surface area (TPSA) is 20.2 Å². The Morgan fingerprint density at radius 1 is 0.944 bits per heavy atom. The maximum absolute atomic E-state index is 9.15. The van der Waals surface area contributed by atoms with E-state index in [2.05, 4.69) is 0 Å². The molecule has 0 saturated carbocycles. The molecule has 0 amide bonds. The van der Waals surface area contributed by atoms with E-state index in [4.69, 9.17) is 28.3 Å². The molecule has 0 heterocycles. The van der Waals surface area contributed by atoms with E-state index < -0.39 is 0 Å². The predicted octanol–water partition coefficient (Wildman–Crippen LogP) is 4.42. The summed E-state index contributed by atoms with van der Waals surface area (Å²) >= 11 is 11.9. The third-order valence-electron chi connectivity index (χ3n) is 2.61. The summed E-state index contributed by atoms with van der Waals surface area (Å²) < 4.78 is 0. The Kier molecular flexibility index (Phi) is 4.43. The molecule has 0 atom stereocenters. The van der Waals surface area contributed by atoms with Crippen molar-refractivity contribution in [2.45, 2.75) is 0 Å². The Bertz CT molecular complexity index is 562. The second-order valence-electron chi connectivity index (χ2n) is 3.80. The van der Waals surface area contributed by atoms with Crippen molar-refractivity contribution in [3.05, 3.63) is 75.8 Å². The van der Waals surface area contributed by atoms with Gasteiger partial charge in [-0.25, -0.2) is 0 Å². The molecule has 0 aliphatic heterocycles. The molecule has 0 aromatic heterocycles. The van der Waals surface area contributed by atoms with Crippen LogP contribution in [0.3, 0.4) is 0 Å². The number of halogens is 2. The molecule has 18 heavy (non-hydrogen) atoms. The van der Waals surface area contributed by atoms with Crippen LogP contribution < -0.4 is 0 Å². The molecular formula is C15H12Cl2O. The highest BCUT2D eigenvalue weighted by atomic mass is 35.5. The molecule has 2 aromatic rings. The summed E-state index contributed by atoms with van der Waals surface area (Å²) in [6.07, 6.45) is 1.76. The number of hydrogen-bond acceptors (Lipinski definition) is 1. The van der Waals surface area contributed by atoms with Crippen LogP contribution in [0.4, 0.5) is 0 Å². The lowest BCUT2D eigenvalue weighted by molar-refractivity contribution is 0.343. The summed E-state index contributed by atoms with van der Waals surface area (Å²) in [5.74, 6) is 0. The molecule has 0 aliphatic carbocycles.